The van der Waals surface area contributed by atoms with Crippen LogP contribution in [0.1, 0.15) is 22.7 Å². The summed E-state index contributed by atoms with van der Waals surface area (Å²) < 4.78 is 13.3. The highest BCUT2D eigenvalue weighted by Crippen LogP contribution is 2.45. The Kier molecular flexibility index (Phi) is 7.88. The first-order chi connectivity index (χ1) is 29.7. The van der Waals surface area contributed by atoms with Gasteiger partial charge >= 0.3 is 0 Å². The molecule has 4 heteroatoms. The van der Waals surface area contributed by atoms with Gasteiger partial charge in [0.2, 0.25) is 0 Å². The van der Waals surface area contributed by atoms with E-state index in [2.05, 4.69) is 193 Å². The van der Waals surface area contributed by atoms with E-state index in [0.717, 1.165) is 111 Å². The topological polar surface area (TPSA) is 50.7 Å². The van der Waals surface area contributed by atoms with Gasteiger partial charge in [-0.2, -0.15) is 0 Å². The SMILES string of the molecule is C1=C(c2cccc(-c3ccccc3)c2)N=C(c2ccccc2)NC1c1ccc(-c2cc3c(oc4cccc(-c5cccc6c5oc5ccccc56)c43)c3ccccc23)cc1. The van der Waals surface area contributed by atoms with Gasteiger partial charge < -0.3 is 14.2 Å². The molecule has 0 saturated heterocycles. The third-order valence-corrected chi connectivity index (χ3v) is 11.9. The average molecular weight is 769 g/mol. The van der Waals surface area contributed by atoms with E-state index in [0.29, 0.717) is 0 Å². The smallest absolute Gasteiger partial charge is 0.143 e. The standard InChI is InChI=1S/C56H36N2O2/c1-3-14-35(15-4-1)39-18-11-19-40(32-39)50-34-49(57-56(58-50)38-16-5-2-6-17-38)37-30-28-36(29-31-37)47-33-48-53-43(23-13-27-52(53)60-55(48)44-22-8-7-20-41(44)47)46-25-12-24-45-42-21-9-10-26-51(42)59-54(45)46/h1-34,49H,(H,57,58). The Balaban J connectivity index is 0.976. The van der Waals surface area contributed by atoms with Gasteiger partial charge in [-0.25, -0.2) is 4.99 Å². The van der Waals surface area contributed by atoms with Gasteiger partial charge in [0.15, 0.2) is 0 Å². The fourth-order valence-corrected chi connectivity index (χ4v) is 9.05. The minimum Gasteiger partial charge on any atom is -0.455 e. The number of para-hydroxylation sites is 2. The molecule has 0 aliphatic carbocycles. The number of aliphatic imine (C=N–C) groups is 1. The van der Waals surface area contributed by atoms with Crippen LogP contribution in [0, 0.1) is 0 Å². The number of furan rings is 2. The average Bonchev–Trinajstić information content (AvgIpc) is 3.91. The van der Waals surface area contributed by atoms with Crippen LogP contribution < -0.4 is 5.32 Å². The van der Waals surface area contributed by atoms with E-state index in [-0.39, 0.29) is 6.04 Å². The van der Waals surface area contributed by atoms with Crippen molar-refractivity contribution >= 4 is 66.2 Å². The first-order valence-corrected chi connectivity index (χ1v) is 20.4. The lowest BCUT2D eigenvalue weighted by Crippen LogP contribution is -2.31. The Labute approximate surface area is 346 Å². The van der Waals surface area contributed by atoms with Crippen LogP contribution in [0.3, 0.4) is 0 Å². The molecule has 0 amide bonds. The van der Waals surface area contributed by atoms with E-state index in [1.165, 1.54) is 5.56 Å². The van der Waals surface area contributed by atoms with Crippen LogP contribution in [0.25, 0.3) is 93.7 Å². The lowest BCUT2D eigenvalue weighted by Gasteiger charge is -2.25. The molecule has 0 saturated carbocycles. The molecule has 0 fully saturated rings. The molecule has 1 aliphatic heterocycles. The van der Waals surface area contributed by atoms with Gasteiger partial charge in [-0.15, -0.1) is 0 Å². The number of benzene rings is 9. The van der Waals surface area contributed by atoms with Gasteiger partial charge in [-0.1, -0.05) is 176 Å². The van der Waals surface area contributed by atoms with Crippen LogP contribution >= 0.6 is 0 Å². The number of fused-ring (bicyclic) bond motifs is 8. The number of rotatable bonds is 6. The molecule has 12 rings (SSSR count). The number of nitrogens with one attached hydrogen (secondary N) is 1. The Morgan fingerprint density at radius 3 is 1.82 bits per heavy atom. The lowest BCUT2D eigenvalue weighted by molar-refractivity contribution is 0.670. The van der Waals surface area contributed by atoms with Gasteiger partial charge in [-0.05, 0) is 69.1 Å². The van der Waals surface area contributed by atoms with Crippen molar-refractivity contribution < 1.29 is 8.83 Å². The van der Waals surface area contributed by atoms with Crippen LogP contribution in [0.15, 0.2) is 220 Å². The summed E-state index contributed by atoms with van der Waals surface area (Å²) in [7, 11) is 0. The quantitative estimate of drug-likeness (QED) is 0.183. The van der Waals surface area contributed by atoms with Crippen molar-refractivity contribution in [2.45, 2.75) is 6.04 Å². The van der Waals surface area contributed by atoms with E-state index in [9.17, 15) is 0 Å². The van der Waals surface area contributed by atoms with Gasteiger partial charge in [-0.3, -0.25) is 0 Å². The Hall–Kier alpha value is -7.95. The zero-order chi connectivity index (χ0) is 39.6. The maximum absolute atomic E-state index is 6.76. The van der Waals surface area contributed by atoms with Crippen LogP contribution in [0.4, 0.5) is 0 Å². The van der Waals surface area contributed by atoms with Gasteiger partial charge in [0.05, 0.1) is 11.7 Å². The molecular formula is C56H36N2O2. The van der Waals surface area contributed by atoms with Crippen molar-refractivity contribution in [2.75, 3.05) is 0 Å². The normalized spacial score (nSPS) is 14.2. The molecule has 1 atom stereocenters. The lowest BCUT2D eigenvalue weighted by atomic mass is 9.92. The van der Waals surface area contributed by atoms with Crippen molar-refractivity contribution in [1.82, 2.24) is 5.32 Å². The van der Waals surface area contributed by atoms with E-state index in [1.54, 1.807) is 0 Å². The summed E-state index contributed by atoms with van der Waals surface area (Å²) in [6.07, 6.45) is 2.24. The zero-order valence-electron chi connectivity index (χ0n) is 32.5. The zero-order valence-corrected chi connectivity index (χ0v) is 32.5. The number of hydrogen-bond donors (Lipinski definition) is 1. The molecule has 3 heterocycles. The van der Waals surface area contributed by atoms with Crippen molar-refractivity contribution in [1.29, 1.82) is 0 Å². The molecule has 1 aliphatic rings. The maximum Gasteiger partial charge on any atom is 0.143 e. The first kappa shape index (κ1) is 34.1. The Morgan fingerprint density at radius 2 is 0.983 bits per heavy atom. The van der Waals surface area contributed by atoms with Crippen molar-refractivity contribution in [3.8, 4) is 33.4 Å². The predicted octanol–water partition coefficient (Wildman–Crippen LogP) is 14.8. The minimum absolute atomic E-state index is 0.0947. The molecule has 282 valence electrons. The molecule has 2 aromatic heterocycles. The fourth-order valence-electron chi connectivity index (χ4n) is 9.05. The van der Waals surface area contributed by atoms with Crippen LogP contribution in [0.2, 0.25) is 0 Å². The molecule has 0 spiro atoms. The molecule has 1 N–H and O–H groups in total. The van der Waals surface area contributed by atoms with Gasteiger partial charge in [0, 0.05) is 43.6 Å². The molecule has 1 unspecified atom stereocenters. The second-order valence-corrected chi connectivity index (χ2v) is 15.5. The summed E-state index contributed by atoms with van der Waals surface area (Å²) in [6, 6.07) is 70.4. The minimum atomic E-state index is -0.0947. The van der Waals surface area contributed by atoms with Crippen molar-refractivity contribution in [3.63, 3.8) is 0 Å². The second-order valence-electron chi connectivity index (χ2n) is 15.5. The number of amidine groups is 1. The van der Waals surface area contributed by atoms with E-state index < -0.39 is 0 Å². The highest BCUT2D eigenvalue weighted by atomic mass is 16.3. The fraction of sp³-hybridized carbons (Fsp3) is 0.0179. The Bertz CT molecular complexity index is 3500. The van der Waals surface area contributed by atoms with Gasteiger partial charge in [0.25, 0.3) is 0 Å². The predicted molar refractivity (Wildman–Crippen MR) is 248 cm³/mol. The van der Waals surface area contributed by atoms with E-state index in [1.807, 2.05) is 18.2 Å². The molecule has 9 aromatic carbocycles. The third-order valence-electron chi connectivity index (χ3n) is 11.9. The summed E-state index contributed by atoms with van der Waals surface area (Å²) >= 11 is 0. The van der Waals surface area contributed by atoms with Gasteiger partial charge in [0.1, 0.15) is 28.2 Å². The highest BCUT2D eigenvalue weighted by Gasteiger charge is 2.23. The monoisotopic (exact) mass is 768 g/mol. The second kappa shape index (κ2) is 13.9. The first-order valence-electron chi connectivity index (χ1n) is 20.4. The highest BCUT2D eigenvalue weighted by molar-refractivity contribution is 6.23. The van der Waals surface area contributed by atoms with Crippen molar-refractivity contribution in [2.24, 2.45) is 4.99 Å². The third kappa shape index (κ3) is 5.65. The molecule has 0 radical (unpaired) electrons. The summed E-state index contributed by atoms with van der Waals surface area (Å²) in [4.78, 5) is 5.19. The summed E-state index contributed by atoms with van der Waals surface area (Å²) in [6.45, 7) is 0. The summed E-state index contributed by atoms with van der Waals surface area (Å²) in [5.41, 5.74) is 14.5. The molecule has 4 nitrogen and oxygen atoms in total. The van der Waals surface area contributed by atoms with E-state index >= 15 is 0 Å². The van der Waals surface area contributed by atoms with Crippen molar-refractivity contribution in [3.05, 3.63) is 223 Å². The number of nitrogens with zero attached hydrogens (tertiary/aromatic N) is 1. The van der Waals surface area contributed by atoms with Crippen LogP contribution in [0.5, 0.6) is 0 Å². The Morgan fingerprint density at radius 1 is 0.383 bits per heavy atom. The largest absolute Gasteiger partial charge is 0.455 e. The molecular weight excluding hydrogens is 733 g/mol. The van der Waals surface area contributed by atoms with Crippen LogP contribution in [-0.4, -0.2) is 5.84 Å². The summed E-state index contributed by atoms with van der Waals surface area (Å²) in [5, 5.41) is 10.4. The summed E-state index contributed by atoms with van der Waals surface area (Å²) in [5.74, 6) is 0.852. The molecule has 0 bridgehead atoms. The molecule has 60 heavy (non-hydrogen) atoms. The van der Waals surface area contributed by atoms with E-state index in [4.69, 9.17) is 13.8 Å². The molecule has 11 aromatic rings. The number of hydrogen-bond acceptors (Lipinski definition) is 4. The maximum atomic E-state index is 6.76. The van der Waals surface area contributed by atoms with Crippen LogP contribution in [-0.2, 0) is 0 Å².